The van der Waals surface area contributed by atoms with Gasteiger partial charge in [-0.3, -0.25) is 4.79 Å². The lowest BCUT2D eigenvalue weighted by molar-refractivity contribution is -0.122. The second-order valence-electron chi connectivity index (χ2n) is 6.72. The van der Waals surface area contributed by atoms with E-state index in [-0.39, 0.29) is 23.6 Å². The minimum atomic E-state index is -0.322. The lowest BCUT2D eigenvalue weighted by Gasteiger charge is -2.37. The van der Waals surface area contributed by atoms with Crippen molar-refractivity contribution >= 4 is 12.0 Å². The third-order valence-corrected chi connectivity index (χ3v) is 4.96. The van der Waals surface area contributed by atoms with Crippen LogP contribution in [-0.4, -0.2) is 48.7 Å². The molecule has 0 saturated carbocycles. The van der Waals surface area contributed by atoms with E-state index in [4.69, 9.17) is 4.74 Å². The van der Waals surface area contributed by atoms with Crippen LogP contribution in [0.4, 0.5) is 4.79 Å². The Morgan fingerprint density at radius 2 is 2.04 bits per heavy atom. The van der Waals surface area contributed by atoms with E-state index >= 15 is 0 Å². The molecular weight excluding hydrogens is 306 g/mol. The van der Waals surface area contributed by atoms with E-state index in [1.54, 1.807) is 0 Å². The summed E-state index contributed by atoms with van der Waals surface area (Å²) in [5.41, 5.74) is 0.791. The van der Waals surface area contributed by atoms with Gasteiger partial charge < -0.3 is 20.3 Å². The Bertz CT molecular complexity index is 582. The van der Waals surface area contributed by atoms with Crippen molar-refractivity contribution in [1.82, 2.24) is 15.5 Å². The summed E-state index contributed by atoms with van der Waals surface area (Å²) < 4.78 is 5.41. The fourth-order valence-corrected chi connectivity index (χ4v) is 3.36. The van der Waals surface area contributed by atoms with Gasteiger partial charge >= 0.3 is 6.09 Å². The molecular formula is C18H25N3O3. The van der Waals surface area contributed by atoms with Gasteiger partial charge in [-0.05, 0) is 12.5 Å². The number of rotatable bonds is 5. The molecule has 24 heavy (non-hydrogen) atoms. The molecule has 6 heteroatoms. The number of alkyl carbamates (subject to hydrolysis) is 1. The van der Waals surface area contributed by atoms with Crippen molar-refractivity contribution < 1.29 is 14.3 Å². The van der Waals surface area contributed by atoms with Crippen LogP contribution in [0.2, 0.25) is 0 Å². The third kappa shape index (κ3) is 4.06. The number of nitrogens with zero attached hydrogens (tertiary/aromatic N) is 1. The standard InChI is InChI=1S/C18H25N3O3/c1-14(15-5-3-2-4-6-15)20-16(22)7-10-21-11-8-18(9-12-21)13-19-17(23)24-18/h2-6,14H,7-13H2,1H3,(H,19,23)(H,20,22). The van der Waals surface area contributed by atoms with Gasteiger partial charge in [0.15, 0.2) is 0 Å². The number of piperidine rings is 1. The summed E-state index contributed by atoms with van der Waals surface area (Å²) in [6, 6.07) is 9.99. The maximum absolute atomic E-state index is 12.1. The summed E-state index contributed by atoms with van der Waals surface area (Å²) in [5.74, 6) is 0.0700. The fraction of sp³-hybridized carbons (Fsp3) is 0.556. The van der Waals surface area contributed by atoms with Crippen LogP contribution in [0.5, 0.6) is 0 Å². The maximum Gasteiger partial charge on any atom is 0.407 e. The number of carbonyl (C=O) groups excluding carboxylic acids is 2. The molecule has 6 nitrogen and oxygen atoms in total. The average molecular weight is 331 g/mol. The van der Waals surface area contributed by atoms with Gasteiger partial charge in [-0.2, -0.15) is 0 Å². The highest BCUT2D eigenvalue weighted by Gasteiger charge is 2.42. The van der Waals surface area contributed by atoms with E-state index in [0.29, 0.717) is 13.0 Å². The Balaban J connectivity index is 1.39. The smallest absolute Gasteiger partial charge is 0.407 e. The normalized spacial score (nSPS) is 21.1. The summed E-state index contributed by atoms with van der Waals surface area (Å²) in [6.45, 7) is 5.06. The van der Waals surface area contributed by atoms with E-state index in [1.165, 1.54) is 0 Å². The Labute approximate surface area is 142 Å². The molecule has 1 unspecified atom stereocenters. The summed E-state index contributed by atoms with van der Waals surface area (Å²) in [7, 11) is 0. The molecule has 3 rings (SSSR count). The molecule has 2 aliphatic rings. The molecule has 2 aliphatic heterocycles. The summed E-state index contributed by atoms with van der Waals surface area (Å²) >= 11 is 0. The van der Waals surface area contributed by atoms with E-state index in [1.807, 2.05) is 37.3 Å². The van der Waals surface area contributed by atoms with Gasteiger partial charge in [-0.1, -0.05) is 30.3 Å². The predicted molar refractivity (Wildman–Crippen MR) is 90.5 cm³/mol. The fourth-order valence-electron chi connectivity index (χ4n) is 3.36. The van der Waals surface area contributed by atoms with Crippen LogP contribution >= 0.6 is 0 Å². The first kappa shape index (κ1) is 16.8. The molecule has 2 fully saturated rings. The number of benzene rings is 1. The van der Waals surface area contributed by atoms with Crippen LogP contribution in [0.25, 0.3) is 0 Å². The Morgan fingerprint density at radius 3 is 2.67 bits per heavy atom. The summed E-state index contributed by atoms with van der Waals surface area (Å²) in [4.78, 5) is 25.6. The van der Waals surface area contributed by atoms with Gasteiger partial charge in [0.05, 0.1) is 12.6 Å². The highest BCUT2D eigenvalue weighted by atomic mass is 16.6. The van der Waals surface area contributed by atoms with Crippen molar-refractivity contribution in [3.63, 3.8) is 0 Å². The molecule has 2 amide bonds. The summed E-state index contributed by atoms with van der Waals surface area (Å²) in [5, 5.41) is 5.78. The Morgan fingerprint density at radius 1 is 1.33 bits per heavy atom. The molecule has 2 saturated heterocycles. The third-order valence-electron chi connectivity index (χ3n) is 4.96. The number of carbonyl (C=O) groups is 2. The van der Waals surface area contributed by atoms with Crippen LogP contribution in [0.3, 0.4) is 0 Å². The number of nitrogens with one attached hydrogen (secondary N) is 2. The van der Waals surface area contributed by atoms with Gasteiger partial charge in [-0.15, -0.1) is 0 Å². The molecule has 1 aromatic carbocycles. The second-order valence-corrected chi connectivity index (χ2v) is 6.72. The first-order valence-electron chi connectivity index (χ1n) is 8.60. The largest absolute Gasteiger partial charge is 0.441 e. The minimum Gasteiger partial charge on any atom is -0.441 e. The van der Waals surface area contributed by atoms with Crippen LogP contribution in [0, 0.1) is 0 Å². The van der Waals surface area contributed by atoms with Gasteiger partial charge in [-0.25, -0.2) is 4.79 Å². The van der Waals surface area contributed by atoms with Crippen LogP contribution in [0.1, 0.15) is 37.8 Å². The van der Waals surface area contributed by atoms with Crippen molar-refractivity contribution in [3.8, 4) is 0 Å². The van der Waals surface area contributed by atoms with Gasteiger partial charge in [0.25, 0.3) is 0 Å². The van der Waals surface area contributed by atoms with Crippen LogP contribution in [0.15, 0.2) is 30.3 Å². The van der Waals surface area contributed by atoms with Crippen LogP contribution in [-0.2, 0) is 9.53 Å². The molecule has 0 aromatic heterocycles. The predicted octanol–water partition coefficient (Wildman–Crippen LogP) is 1.83. The van der Waals surface area contributed by atoms with Crippen molar-refractivity contribution in [3.05, 3.63) is 35.9 Å². The average Bonchev–Trinajstić information content (AvgIpc) is 2.96. The molecule has 0 aliphatic carbocycles. The van der Waals surface area contributed by atoms with Gasteiger partial charge in [0.2, 0.25) is 5.91 Å². The topological polar surface area (TPSA) is 70.7 Å². The molecule has 0 radical (unpaired) electrons. The number of ether oxygens (including phenoxy) is 1. The van der Waals surface area contributed by atoms with Gasteiger partial charge in [0.1, 0.15) is 5.60 Å². The number of amides is 2. The Kier molecular flexibility index (Phi) is 5.04. The number of hydrogen-bond donors (Lipinski definition) is 2. The number of likely N-dealkylation sites (tertiary alicyclic amines) is 1. The zero-order valence-electron chi connectivity index (χ0n) is 14.1. The first-order chi connectivity index (χ1) is 11.6. The summed E-state index contributed by atoms with van der Waals surface area (Å²) in [6.07, 6.45) is 1.83. The monoisotopic (exact) mass is 331 g/mol. The highest BCUT2D eigenvalue weighted by molar-refractivity contribution is 5.76. The van der Waals surface area contributed by atoms with Crippen molar-refractivity contribution in [2.75, 3.05) is 26.2 Å². The van der Waals surface area contributed by atoms with E-state index in [9.17, 15) is 9.59 Å². The molecule has 1 atom stereocenters. The molecule has 2 heterocycles. The SMILES string of the molecule is CC(NC(=O)CCN1CCC2(CC1)CNC(=O)O2)c1ccccc1. The maximum atomic E-state index is 12.1. The lowest BCUT2D eigenvalue weighted by atomic mass is 9.91. The quantitative estimate of drug-likeness (QED) is 0.863. The molecule has 1 aromatic rings. The molecule has 130 valence electrons. The molecule has 0 bridgehead atoms. The van der Waals surface area contributed by atoms with Crippen molar-refractivity contribution in [2.24, 2.45) is 0 Å². The zero-order valence-corrected chi connectivity index (χ0v) is 14.1. The van der Waals surface area contributed by atoms with Crippen molar-refractivity contribution in [2.45, 2.75) is 37.8 Å². The molecule has 1 spiro atoms. The number of hydrogen-bond acceptors (Lipinski definition) is 4. The first-order valence-corrected chi connectivity index (χ1v) is 8.60. The van der Waals surface area contributed by atoms with E-state index < -0.39 is 0 Å². The van der Waals surface area contributed by atoms with Crippen LogP contribution < -0.4 is 10.6 Å². The van der Waals surface area contributed by atoms with E-state index in [0.717, 1.165) is 38.0 Å². The van der Waals surface area contributed by atoms with Gasteiger partial charge in [0, 0.05) is 38.9 Å². The second kappa shape index (κ2) is 7.21. The zero-order chi connectivity index (χ0) is 17.0. The lowest BCUT2D eigenvalue weighted by Crippen LogP contribution is -2.47. The molecule has 2 N–H and O–H groups in total. The van der Waals surface area contributed by atoms with E-state index in [2.05, 4.69) is 15.5 Å². The Hall–Kier alpha value is -2.08. The highest BCUT2D eigenvalue weighted by Crippen LogP contribution is 2.29. The van der Waals surface area contributed by atoms with Crippen molar-refractivity contribution in [1.29, 1.82) is 0 Å². The minimum absolute atomic E-state index is 0.0206.